The highest BCUT2D eigenvalue weighted by Gasteiger charge is 2.29. The third-order valence-electron chi connectivity index (χ3n) is 4.19. The number of carbonyl (C=O) groups excluding carboxylic acids is 1. The summed E-state index contributed by atoms with van der Waals surface area (Å²) in [7, 11) is 0. The molecule has 1 aromatic carbocycles. The van der Waals surface area contributed by atoms with Gasteiger partial charge in [-0.1, -0.05) is 23.7 Å². The maximum absolute atomic E-state index is 12.5. The number of ketones is 1. The van der Waals surface area contributed by atoms with E-state index in [1.54, 1.807) is 6.20 Å². The molecule has 0 fully saturated rings. The number of aromatic nitrogens is 1. The molecule has 0 radical (unpaired) electrons. The van der Waals surface area contributed by atoms with Gasteiger partial charge < -0.3 is 10.1 Å². The van der Waals surface area contributed by atoms with Crippen molar-refractivity contribution < 1.29 is 9.90 Å². The smallest absolute Gasteiger partial charge is 0.168 e. The number of nitrogens with zero attached hydrogens (tertiary/aromatic N) is 1. The first-order valence-electron chi connectivity index (χ1n) is 8.02. The Kier molecular flexibility index (Phi) is 4.26. The highest BCUT2D eigenvalue weighted by Crippen LogP contribution is 2.38. The third kappa shape index (κ3) is 3.24. The molecule has 1 aromatic heterocycles. The lowest BCUT2D eigenvalue weighted by Crippen LogP contribution is -2.20. The summed E-state index contributed by atoms with van der Waals surface area (Å²) in [5.74, 6) is -0.0605. The fraction of sp³-hybridized carbons (Fsp3) is 0.368. The normalized spacial score (nSPS) is 19.7. The van der Waals surface area contributed by atoms with Crippen molar-refractivity contribution in [3.05, 3.63) is 46.3 Å². The highest BCUT2D eigenvalue weighted by atomic mass is 35.5. The van der Waals surface area contributed by atoms with Crippen LogP contribution in [0, 0.1) is 0 Å². The molecule has 0 saturated heterocycles. The number of fused-ring (bicyclic) bond motifs is 1. The first-order chi connectivity index (χ1) is 11.3. The van der Waals surface area contributed by atoms with Gasteiger partial charge in [-0.25, -0.2) is 0 Å². The SMILES string of the molecule is CC(C)(C)N=CC1=C(O)CC(c2cccc3[nH]cc(Cl)c23)CC1=O. The Bertz CT molecular complexity index is 856. The third-order valence-corrected chi connectivity index (χ3v) is 4.49. The van der Waals surface area contributed by atoms with Gasteiger partial charge in [-0.15, -0.1) is 0 Å². The van der Waals surface area contributed by atoms with Crippen LogP contribution < -0.4 is 0 Å². The minimum atomic E-state index is -0.283. The van der Waals surface area contributed by atoms with Crippen molar-refractivity contribution in [3.8, 4) is 0 Å². The number of rotatable bonds is 2. The summed E-state index contributed by atoms with van der Waals surface area (Å²) in [6, 6.07) is 5.86. The number of benzene rings is 1. The molecule has 4 nitrogen and oxygen atoms in total. The molecule has 0 bridgehead atoms. The molecule has 1 aliphatic rings. The number of hydrogen-bond acceptors (Lipinski definition) is 3. The van der Waals surface area contributed by atoms with Gasteiger partial charge in [0.05, 0.1) is 16.1 Å². The van der Waals surface area contributed by atoms with Crippen molar-refractivity contribution in [2.45, 2.75) is 45.1 Å². The molecule has 1 aliphatic carbocycles. The van der Waals surface area contributed by atoms with E-state index in [9.17, 15) is 9.90 Å². The lowest BCUT2D eigenvalue weighted by atomic mass is 9.81. The number of allylic oxidation sites excluding steroid dienone is 2. The second-order valence-corrected chi connectivity index (χ2v) is 7.63. The molecule has 3 rings (SSSR count). The summed E-state index contributed by atoms with van der Waals surface area (Å²) in [4.78, 5) is 20.0. The molecular weight excluding hydrogens is 324 g/mol. The van der Waals surface area contributed by atoms with Crippen molar-refractivity contribution in [1.29, 1.82) is 0 Å². The number of H-pyrrole nitrogens is 1. The molecule has 1 heterocycles. The molecule has 2 aromatic rings. The molecular formula is C19H21ClN2O2. The van der Waals surface area contributed by atoms with Crippen molar-refractivity contribution in [1.82, 2.24) is 4.98 Å². The van der Waals surface area contributed by atoms with Gasteiger partial charge in [-0.05, 0) is 38.3 Å². The number of aliphatic hydroxyl groups excluding tert-OH is 1. The van der Waals surface area contributed by atoms with Gasteiger partial charge in [0.2, 0.25) is 0 Å². The van der Waals surface area contributed by atoms with Crippen molar-refractivity contribution in [2.75, 3.05) is 0 Å². The number of aromatic amines is 1. The van der Waals surface area contributed by atoms with E-state index < -0.39 is 0 Å². The monoisotopic (exact) mass is 344 g/mol. The van der Waals surface area contributed by atoms with Gasteiger partial charge in [-0.2, -0.15) is 0 Å². The van der Waals surface area contributed by atoms with Crippen LogP contribution in [0.25, 0.3) is 10.9 Å². The molecule has 1 unspecified atom stereocenters. The maximum atomic E-state index is 12.5. The van der Waals surface area contributed by atoms with Gasteiger partial charge in [-0.3, -0.25) is 9.79 Å². The number of hydrogen-bond donors (Lipinski definition) is 2. The van der Waals surface area contributed by atoms with Crippen molar-refractivity contribution in [3.63, 3.8) is 0 Å². The molecule has 0 spiro atoms. The quantitative estimate of drug-likeness (QED) is 0.757. The molecule has 5 heteroatoms. The number of carbonyl (C=O) groups is 1. The van der Waals surface area contributed by atoms with Gasteiger partial charge >= 0.3 is 0 Å². The predicted octanol–water partition coefficient (Wildman–Crippen LogP) is 4.95. The largest absolute Gasteiger partial charge is 0.511 e. The van der Waals surface area contributed by atoms with Crippen LogP contribution >= 0.6 is 11.6 Å². The van der Waals surface area contributed by atoms with Crippen LogP contribution in [0.4, 0.5) is 0 Å². The molecule has 24 heavy (non-hydrogen) atoms. The van der Waals surface area contributed by atoms with Crippen LogP contribution in [0.1, 0.15) is 45.1 Å². The van der Waals surface area contributed by atoms with E-state index >= 15 is 0 Å². The molecule has 1 atom stereocenters. The second kappa shape index (κ2) is 6.10. The van der Waals surface area contributed by atoms with E-state index in [0.29, 0.717) is 23.4 Å². The Morgan fingerprint density at radius 3 is 2.75 bits per heavy atom. The van der Waals surface area contributed by atoms with Crippen LogP contribution in [0.15, 0.2) is 40.7 Å². The second-order valence-electron chi connectivity index (χ2n) is 7.22. The molecule has 0 amide bonds. The van der Waals surface area contributed by atoms with Crippen LogP contribution in [0.5, 0.6) is 0 Å². The summed E-state index contributed by atoms with van der Waals surface area (Å²) < 4.78 is 0. The van der Waals surface area contributed by atoms with E-state index in [4.69, 9.17) is 11.6 Å². The van der Waals surface area contributed by atoms with Gasteiger partial charge in [0.1, 0.15) is 5.76 Å². The Balaban J connectivity index is 1.96. The molecule has 2 N–H and O–H groups in total. The Morgan fingerprint density at radius 1 is 1.33 bits per heavy atom. The molecule has 0 saturated carbocycles. The van der Waals surface area contributed by atoms with E-state index in [-0.39, 0.29) is 23.0 Å². The van der Waals surface area contributed by atoms with Gasteiger partial charge in [0, 0.05) is 36.2 Å². The average Bonchev–Trinajstić information content (AvgIpc) is 2.87. The average molecular weight is 345 g/mol. The number of aliphatic hydroxyl groups is 1. The first-order valence-corrected chi connectivity index (χ1v) is 8.40. The number of nitrogens with one attached hydrogen (secondary N) is 1. The first kappa shape index (κ1) is 16.8. The van der Waals surface area contributed by atoms with E-state index in [1.165, 1.54) is 6.21 Å². The van der Waals surface area contributed by atoms with E-state index in [0.717, 1.165) is 16.5 Å². The zero-order valence-electron chi connectivity index (χ0n) is 14.1. The lowest BCUT2D eigenvalue weighted by Gasteiger charge is -2.23. The Hall–Kier alpha value is -2.07. The molecule has 0 aliphatic heterocycles. The molecule has 126 valence electrons. The van der Waals surface area contributed by atoms with Crippen LogP contribution in [-0.2, 0) is 4.79 Å². The lowest BCUT2D eigenvalue weighted by molar-refractivity contribution is -0.116. The summed E-state index contributed by atoms with van der Waals surface area (Å²) in [5, 5.41) is 11.9. The topological polar surface area (TPSA) is 65.5 Å². The minimum absolute atomic E-state index is 0.0821. The van der Waals surface area contributed by atoms with E-state index in [1.807, 2.05) is 39.0 Å². The minimum Gasteiger partial charge on any atom is -0.511 e. The highest BCUT2D eigenvalue weighted by molar-refractivity contribution is 6.35. The maximum Gasteiger partial charge on any atom is 0.168 e. The van der Waals surface area contributed by atoms with Crippen molar-refractivity contribution in [2.24, 2.45) is 4.99 Å². The van der Waals surface area contributed by atoms with E-state index in [2.05, 4.69) is 9.98 Å². The number of halogens is 1. The summed E-state index contributed by atoms with van der Waals surface area (Å²) in [6.45, 7) is 5.85. The van der Waals surface area contributed by atoms with Crippen LogP contribution in [-0.4, -0.2) is 27.6 Å². The Labute approximate surface area is 146 Å². The fourth-order valence-electron chi connectivity index (χ4n) is 3.05. The van der Waals surface area contributed by atoms with Crippen LogP contribution in [0.3, 0.4) is 0 Å². The zero-order chi connectivity index (χ0) is 17.5. The number of Topliss-reactive ketones (excluding diaryl/α,β-unsaturated/α-hetero) is 1. The standard InChI is InChI=1S/C19H21ClN2O2/c1-19(2,3)22-9-13-16(23)7-11(8-17(13)24)12-5-4-6-15-18(12)14(20)10-21-15/h4-6,9-11,21,23H,7-8H2,1-3H3. The predicted molar refractivity (Wildman–Crippen MR) is 98.2 cm³/mol. The summed E-state index contributed by atoms with van der Waals surface area (Å²) in [6.07, 6.45) is 4.02. The zero-order valence-corrected chi connectivity index (χ0v) is 14.8. The summed E-state index contributed by atoms with van der Waals surface area (Å²) in [5.41, 5.74) is 1.97. The van der Waals surface area contributed by atoms with Crippen LogP contribution in [0.2, 0.25) is 5.02 Å². The van der Waals surface area contributed by atoms with Gasteiger partial charge in [0.15, 0.2) is 5.78 Å². The Morgan fingerprint density at radius 2 is 2.08 bits per heavy atom. The van der Waals surface area contributed by atoms with Crippen molar-refractivity contribution >= 4 is 34.5 Å². The summed E-state index contributed by atoms with van der Waals surface area (Å²) >= 11 is 6.29. The fourth-order valence-corrected chi connectivity index (χ4v) is 3.31. The number of aliphatic imine (C=N–C) groups is 1. The van der Waals surface area contributed by atoms with Gasteiger partial charge in [0.25, 0.3) is 0 Å².